The van der Waals surface area contributed by atoms with Gasteiger partial charge in [0.2, 0.25) is 0 Å². The standard InChI is InChI=1S/C7H8Se.H2O/c8-6-7-4-2-1-3-5-7;/h1-5,8H,6H2;1H2. The second-order valence-corrected chi connectivity index (χ2v) is 2.31. The predicted molar refractivity (Wildman–Crippen MR) is 40.9 cm³/mol. The molecule has 1 rings (SSSR count). The zero-order valence-corrected chi connectivity index (χ0v) is 6.92. The van der Waals surface area contributed by atoms with E-state index in [2.05, 4.69) is 40.3 Å². The molecule has 0 unspecified atom stereocenters. The summed E-state index contributed by atoms with van der Waals surface area (Å²) in [6.07, 6.45) is 0. The quantitative estimate of drug-likeness (QED) is 0.567. The average molecular weight is 189 g/mol. The van der Waals surface area contributed by atoms with Crippen molar-refractivity contribution in [3.05, 3.63) is 35.9 Å². The predicted octanol–water partition coefficient (Wildman–Crippen LogP) is 0.263. The molecule has 0 heterocycles. The Hall–Kier alpha value is -0.301. The van der Waals surface area contributed by atoms with E-state index in [1.54, 1.807) is 0 Å². The molecule has 0 fully saturated rings. The molecule has 0 saturated carbocycles. The third-order valence-electron chi connectivity index (χ3n) is 1.03. The van der Waals surface area contributed by atoms with E-state index in [9.17, 15) is 0 Å². The van der Waals surface area contributed by atoms with Crippen LogP contribution in [0.15, 0.2) is 30.3 Å². The first kappa shape index (κ1) is 8.70. The minimum absolute atomic E-state index is 0. The molecule has 0 atom stereocenters. The molecule has 0 radical (unpaired) electrons. The number of hydrogen-bond donors (Lipinski definition) is 0. The maximum atomic E-state index is 2.56. The van der Waals surface area contributed by atoms with E-state index in [-0.39, 0.29) is 5.48 Å². The van der Waals surface area contributed by atoms with Crippen molar-refractivity contribution in [1.29, 1.82) is 0 Å². The Bertz CT molecular complexity index is 150. The van der Waals surface area contributed by atoms with Gasteiger partial charge in [0, 0.05) is 0 Å². The molecule has 0 aliphatic heterocycles. The van der Waals surface area contributed by atoms with Crippen LogP contribution in [0.3, 0.4) is 0 Å². The van der Waals surface area contributed by atoms with E-state index in [1.807, 2.05) is 6.07 Å². The minimum atomic E-state index is 0. The van der Waals surface area contributed by atoms with Gasteiger partial charge in [0.1, 0.15) is 0 Å². The molecule has 1 aromatic rings. The van der Waals surface area contributed by atoms with Gasteiger partial charge in [-0.25, -0.2) is 0 Å². The molecule has 2 heteroatoms. The van der Waals surface area contributed by atoms with E-state index in [0.717, 1.165) is 5.32 Å². The maximum absolute atomic E-state index is 2.56. The van der Waals surface area contributed by atoms with Crippen LogP contribution < -0.4 is 0 Å². The van der Waals surface area contributed by atoms with Gasteiger partial charge in [0.15, 0.2) is 0 Å². The molecule has 0 saturated heterocycles. The Balaban J connectivity index is 0.000000640. The van der Waals surface area contributed by atoms with E-state index in [0.29, 0.717) is 0 Å². The van der Waals surface area contributed by atoms with Crippen LogP contribution in [0.5, 0.6) is 0 Å². The van der Waals surface area contributed by atoms with Crippen LogP contribution in [-0.4, -0.2) is 21.5 Å². The molecular weight excluding hydrogens is 179 g/mol. The molecule has 0 bridgehead atoms. The van der Waals surface area contributed by atoms with Crippen molar-refractivity contribution in [1.82, 2.24) is 0 Å². The van der Waals surface area contributed by atoms with Crippen molar-refractivity contribution < 1.29 is 5.48 Å². The van der Waals surface area contributed by atoms with Crippen LogP contribution in [0.1, 0.15) is 5.56 Å². The van der Waals surface area contributed by atoms with Crippen molar-refractivity contribution in [2.24, 2.45) is 0 Å². The molecule has 0 spiro atoms. The molecular formula is C7H10OSe. The molecule has 0 aliphatic rings. The average Bonchev–Trinajstić information content (AvgIpc) is 1.90. The van der Waals surface area contributed by atoms with Crippen molar-refractivity contribution in [3.63, 3.8) is 0 Å². The fourth-order valence-electron chi connectivity index (χ4n) is 0.583. The summed E-state index contributed by atoms with van der Waals surface area (Å²) in [6, 6.07) is 10.4. The van der Waals surface area contributed by atoms with Crippen molar-refractivity contribution >= 4 is 16.0 Å². The monoisotopic (exact) mass is 190 g/mol. The Kier molecular flexibility index (Phi) is 4.41. The van der Waals surface area contributed by atoms with Gasteiger partial charge in [0.05, 0.1) is 0 Å². The summed E-state index contributed by atoms with van der Waals surface area (Å²) in [4.78, 5) is 0. The molecule has 9 heavy (non-hydrogen) atoms. The third-order valence-corrected chi connectivity index (χ3v) is 1.79. The van der Waals surface area contributed by atoms with Crippen LogP contribution in [-0.2, 0) is 5.32 Å². The summed E-state index contributed by atoms with van der Waals surface area (Å²) in [6.45, 7) is 0. The van der Waals surface area contributed by atoms with Crippen LogP contribution in [0.25, 0.3) is 0 Å². The van der Waals surface area contributed by atoms with Gasteiger partial charge >= 0.3 is 57.2 Å². The van der Waals surface area contributed by atoms with Crippen molar-refractivity contribution in [2.75, 3.05) is 0 Å². The van der Waals surface area contributed by atoms with E-state index in [1.165, 1.54) is 5.56 Å². The SMILES string of the molecule is O.[SeH]Cc1ccccc1. The van der Waals surface area contributed by atoms with E-state index >= 15 is 0 Å². The number of hydrogen-bond acceptors (Lipinski definition) is 0. The van der Waals surface area contributed by atoms with Crippen LogP contribution in [0, 0.1) is 0 Å². The summed E-state index contributed by atoms with van der Waals surface area (Å²) < 4.78 is 0. The fraction of sp³-hybridized carbons (Fsp3) is 0.143. The van der Waals surface area contributed by atoms with Crippen molar-refractivity contribution in [3.8, 4) is 0 Å². The van der Waals surface area contributed by atoms with Gasteiger partial charge in [0.25, 0.3) is 0 Å². The van der Waals surface area contributed by atoms with Crippen LogP contribution >= 0.6 is 0 Å². The summed E-state index contributed by atoms with van der Waals surface area (Å²) >= 11 is 2.56. The van der Waals surface area contributed by atoms with E-state index in [4.69, 9.17) is 0 Å². The van der Waals surface area contributed by atoms with Gasteiger partial charge in [-0.2, -0.15) is 0 Å². The molecule has 0 amide bonds. The number of benzene rings is 1. The zero-order chi connectivity index (χ0) is 5.82. The van der Waals surface area contributed by atoms with Crippen molar-refractivity contribution in [2.45, 2.75) is 5.32 Å². The third kappa shape index (κ3) is 2.66. The van der Waals surface area contributed by atoms with Gasteiger partial charge in [-0.05, 0) is 0 Å². The number of rotatable bonds is 1. The molecule has 0 aromatic heterocycles. The van der Waals surface area contributed by atoms with Crippen LogP contribution in [0.4, 0.5) is 0 Å². The van der Waals surface area contributed by atoms with Gasteiger partial charge in [-0.3, -0.25) is 0 Å². The van der Waals surface area contributed by atoms with Crippen LogP contribution in [0.2, 0.25) is 0 Å². The van der Waals surface area contributed by atoms with Gasteiger partial charge in [-0.15, -0.1) is 0 Å². The summed E-state index contributed by atoms with van der Waals surface area (Å²) in [7, 11) is 0. The Morgan fingerprint density at radius 2 is 1.67 bits per heavy atom. The van der Waals surface area contributed by atoms with Gasteiger partial charge < -0.3 is 5.48 Å². The molecule has 50 valence electrons. The van der Waals surface area contributed by atoms with Gasteiger partial charge in [-0.1, -0.05) is 0 Å². The van der Waals surface area contributed by atoms with E-state index < -0.39 is 0 Å². The second-order valence-electron chi connectivity index (χ2n) is 1.64. The molecule has 2 N–H and O–H groups in total. The molecule has 1 nitrogen and oxygen atoms in total. The molecule has 1 aromatic carbocycles. The summed E-state index contributed by atoms with van der Waals surface area (Å²) in [5, 5.41) is 1.08. The zero-order valence-electron chi connectivity index (χ0n) is 5.04. The Labute approximate surface area is 63.2 Å². The first-order valence-corrected chi connectivity index (χ1v) is 3.91. The molecule has 0 aliphatic carbocycles. The Morgan fingerprint density at radius 3 is 2.00 bits per heavy atom. The topological polar surface area (TPSA) is 31.5 Å². The first-order valence-electron chi connectivity index (χ1n) is 2.58. The summed E-state index contributed by atoms with van der Waals surface area (Å²) in [5.41, 5.74) is 1.38. The fourth-order valence-corrected chi connectivity index (χ4v) is 1.03. The summed E-state index contributed by atoms with van der Waals surface area (Å²) in [5.74, 6) is 0. The Morgan fingerprint density at radius 1 is 1.11 bits per heavy atom. The first-order chi connectivity index (χ1) is 3.93. The second kappa shape index (κ2) is 4.57. The normalized spacial score (nSPS) is 8.11.